The molecule has 2 heteroatoms. The average Bonchev–Trinajstić information content (AvgIpc) is 2.42. The number of hydrogen-bond donors (Lipinski definition) is 1. The maximum Gasteiger partial charge on any atom is 0.0991 e. The first-order valence-corrected chi connectivity index (χ1v) is 7.68. The number of quaternary nitrogens is 1. The third-order valence-electron chi connectivity index (χ3n) is 4.60. The van der Waals surface area contributed by atoms with Crippen LogP contribution in [0.25, 0.3) is 0 Å². The molecule has 1 aromatic carbocycles. The average molecular weight is 262 g/mol. The Balaban J connectivity index is 2.30. The first kappa shape index (κ1) is 14.5. The second kappa shape index (κ2) is 6.53. The number of aryl methyl sites for hydroxylation is 1. The highest BCUT2D eigenvalue weighted by Gasteiger charge is 2.41. The summed E-state index contributed by atoms with van der Waals surface area (Å²) in [6.45, 7) is 6.46. The van der Waals surface area contributed by atoms with Crippen molar-refractivity contribution in [2.24, 2.45) is 5.92 Å². The predicted molar refractivity (Wildman–Crippen MR) is 79.2 cm³/mol. The van der Waals surface area contributed by atoms with E-state index in [2.05, 4.69) is 50.5 Å². The summed E-state index contributed by atoms with van der Waals surface area (Å²) in [6.07, 6.45) is 5.08. The molecule has 1 saturated carbocycles. The smallest absolute Gasteiger partial charge is 0.0991 e. The lowest BCUT2D eigenvalue weighted by molar-refractivity contribution is -0.629. The van der Waals surface area contributed by atoms with Gasteiger partial charge in [-0.3, -0.25) is 0 Å². The molecule has 106 valence electrons. The highest BCUT2D eigenvalue weighted by Crippen LogP contribution is 2.45. The van der Waals surface area contributed by atoms with E-state index in [4.69, 9.17) is 4.74 Å². The van der Waals surface area contributed by atoms with Gasteiger partial charge >= 0.3 is 0 Å². The van der Waals surface area contributed by atoms with Gasteiger partial charge in [-0.15, -0.1) is 0 Å². The van der Waals surface area contributed by atoms with Crippen LogP contribution in [0.1, 0.15) is 43.7 Å². The van der Waals surface area contributed by atoms with Crippen LogP contribution in [0.4, 0.5) is 0 Å². The van der Waals surface area contributed by atoms with Crippen LogP contribution in [0.5, 0.6) is 0 Å². The van der Waals surface area contributed by atoms with Gasteiger partial charge in [-0.2, -0.15) is 0 Å². The van der Waals surface area contributed by atoms with Crippen molar-refractivity contribution < 1.29 is 10.1 Å². The van der Waals surface area contributed by atoms with Gasteiger partial charge in [0.25, 0.3) is 0 Å². The van der Waals surface area contributed by atoms with Gasteiger partial charge in [-0.1, -0.05) is 44.0 Å². The van der Waals surface area contributed by atoms with Gasteiger partial charge in [0.05, 0.1) is 25.8 Å². The molecule has 19 heavy (non-hydrogen) atoms. The summed E-state index contributed by atoms with van der Waals surface area (Å²) in [4.78, 5) is 0. The van der Waals surface area contributed by atoms with E-state index in [0.29, 0.717) is 5.92 Å². The summed E-state index contributed by atoms with van der Waals surface area (Å²) >= 11 is 0. The highest BCUT2D eigenvalue weighted by molar-refractivity contribution is 5.32. The molecule has 0 heterocycles. The lowest BCUT2D eigenvalue weighted by Crippen LogP contribution is -2.80. The van der Waals surface area contributed by atoms with Crippen LogP contribution in [0.2, 0.25) is 0 Å². The molecule has 2 nitrogen and oxygen atoms in total. The fourth-order valence-electron chi connectivity index (χ4n) is 3.42. The van der Waals surface area contributed by atoms with Gasteiger partial charge in [-0.25, -0.2) is 0 Å². The molecule has 0 bridgehead atoms. The molecule has 1 aromatic rings. The topological polar surface area (TPSA) is 25.8 Å². The third kappa shape index (κ3) is 3.01. The Morgan fingerprint density at radius 1 is 1.32 bits per heavy atom. The minimum atomic E-state index is -0.0490. The van der Waals surface area contributed by atoms with E-state index in [1.807, 2.05) is 0 Å². The van der Waals surface area contributed by atoms with Crippen molar-refractivity contribution in [3.05, 3.63) is 35.4 Å². The van der Waals surface area contributed by atoms with E-state index >= 15 is 0 Å². The summed E-state index contributed by atoms with van der Waals surface area (Å²) in [7, 11) is 2.11. The minimum absolute atomic E-state index is 0.0490. The lowest BCUT2D eigenvalue weighted by atomic mass is 9.71. The molecule has 0 unspecified atom stereocenters. The zero-order chi connectivity index (χ0) is 13.7. The molecular weight excluding hydrogens is 234 g/mol. The molecule has 1 aliphatic rings. The minimum Gasteiger partial charge on any atom is -0.364 e. The molecule has 2 atom stereocenters. The van der Waals surface area contributed by atoms with Gasteiger partial charge in [0.2, 0.25) is 0 Å². The third-order valence-corrected chi connectivity index (χ3v) is 4.60. The molecule has 1 fully saturated rings. The second-order valence-corrected chi connectivity index (χ2v) is 5.90. The molecule has 2 rings (SSSR count). The van der Waals surface area contributed by atoms with Crippen molar-refractivity contribution >= 4 is 0 Å². The van der Waals surface area contributed by atoms with E-state index < -0.39 is 0 Å². The Morgan fingerprint density at radius 3 is 2.79 bits per heavy atom. The van der Waals surface area contributed by atoms with E-state index in [-0.39, 0.29) is 5.60 Å². The van der Waals surface area contributed by atoms with Crippen molar-refractivity contribution in [1.82, 2.24) is 0 Å². The SMILES string of the molecule is C[NH2+]CCO[C@@]1(c2ccccc2C)CCCC[C@@H]1C. The van der Waals surface area contributed by atoms with Crippen LogP contribution < -0.4 is 5.32 Å². The van der Waals surface area contributed by atoms with E-state index in [9.17, 15) is 0 Å². The molecule has 0 spiro atoms. The largest absolute Gasteiger partial charge is 0.364 e. The van der Waals surface area contributed by atoms with E-state index in [1.165, 1.54) is 36.8 Å². The summed E-state index contributed by atoms with van der Waals surface area (Å²) in [6, 6.07) is 8.76. The Kier molecular flexibility index (Phi) is 5.00. The van der Waals surface area contributed by atoms with Crippen LogP contribution in [0, 0.1) is 12.8 Å². The molecule has 2 N–H and O–H groups in total. The highest BCUT2D eigenvalue weighted by atomic mass is 16.5. The Morgan fingerprint density at radius 2 is 2.11 bits per heavy atom. The summed E-state index contributed by atoms with van der Waals surface area (Å²) in [5, 5.41) is 2.19. The fourth-order valence-corrected chi connectivity index (χ4v) is 3.42. The number of nitrogens with two attached hydrogens (primary N) is 1. The molecular formula is C17H28NO+. The normalized spacial score (nSPS) is 27.4. The standard InChI is InChI=1S/C17H27NO/c1-14-8-4-5-10-16(14)17(19-13-12-18-3)11-7-6-9-15(17)2/h4-5,8,10,15,18H,6-7,9,11-13H2,1-3H3/p+1/t15-,17-/m0/s1. The molecule has 1 aliphatic carbocycles. The van der Waals surface area contributed by atoms with Crippen molar-refractivity contribution in [2.75, 3.05) is 20.2 Å². The van der Waals surface area contributed by atoms with Gasteiger partial charge in [0.1, 0.15) is 0 Å². The first-order chi connectivity index (χ1) is 9.20. The Hall–Kier alpha value is -0.860. The molecule has 0 aromatic heterocycles. The molecule has 0 saturated heterocycles. The molecule has 0 amide bonds. The van der Waals surface area contributed by atoms with Crippen LogP contribution in [-0.4, -0.2) is 20.2 Å². The molecule has 0 aliphatic heterocycles. The van der Waals surface area contributed by atoms with Crippen molar-refractivity contribution in [3.8, 4) is 0 Å². The van der Waals surface area contributed by atoms with Crippen LogP contribution in [-0.2, 0) is 10.3 Å². The maximum atomic E-state index is 6.46. The van der Waals surface area contributed by atoms with Crippen molar-refractivity contribution in [3.63, 3.8) is 0 Å². The number of rotatable bonds is 5. The molecule has 0 radical (unpaired) electrons. The number of likely N-dealkylation sites (N-methyl/N-ethyl adjacent to an activating group) is 1. The second-order valence-electron chi connectivity index (χ2n) is 5.90. The van der Waals surface area contributed by atoms with Crippen molar-refractivity contribution in [1.29, 1.82) is 0 Å². The quantitative estimate of drug-likeness (QED) is 0.811. The zero-order valence-corrected chi connectivity index (χ0v) is 12.6. The maximum absolute atomic E-state index is 6.46. The summed E-state index contributed by atoms with van der Waals surface area (Å²) < 4.78 is 6.46. The summed E-state index contributed by atoms with van der Waals surface area (Å²) in [5.74, 6) is 0.610. The first-order valence-electron chi connectivity index (χ1n) is 7.68. The van der Waals surface area contributed by atoms with Gasteiger partial charge in [0, 0.05) is 0 Å². The Labute approximate surface area is 117 Å². The number of benzene rings is 1. The fraction of sp³-hybridized carbons (Fsp3) is 0.647. The number of ether oxygens (including phenoxy) is 1. The van der Waals surface area contributed by atoms with Gasteiger partial charge in [0.15, 0.2) is 0 Å². The number of hydrogen-bond acceptors (Lipinski definition) is 1. The van der Waals surface area contributed by atoms with Gasteiger partial charge in [-0.05, 0) is 36.8 Å². The zero-order valence-electron chi connectivity index (χ0n) is 12.6. The lowest BCUT2D eigenvalue weighted by Gasteiger charge is -2.43. The van der Waals surface area contributed by atoms with Crippen LogP contribution in [0.3, 0.4) is 0 Å². The van der Waals surface area contributed by atoms with E-state index in [0.717, 1.165) is 13.2 Å². The monoisotopic (exact) mass is 262 g/mol. The summed E-state index contributed by atoms with van der Waals surface area (Å²) in [5.41, 5.74) is 2.74. The van der Waals surface area contributed by atoms with Crippen LogP contribution >= 0.6 is 0 Å². The van der Waals surface area contributed by atoms with Gasteiger partial charge < -0.3 is 10.1 Å². The van der Waals surface area contributed by atoms with Crippen molar-refractivity contribution in [2.45, 2.75) is 45.1 Å². The van der Waals surface area contributed by atoms with E-state index in [1.54, 1.807) is 0 Å². The Bertz CT molecular complexity index is 404. The predicted octanol–water partition coefficient (Wildman–Crippen LogP) is 2.61. The van der Waals surface area contributed by atoms with Crippen LogP contribution in [0.15, 0.2) is 24.3 Å².